The van der Waals surface area contributed by atoms with Crippen LogP contribution in [-0.4, -0.2) is 48.2 Å². The molecule has 1 aromatic heterocycles. The Morgan fingerprint density at radius 1 is 1.39 bits per heavy atom. The van der Waals surface area contributed by atoms with Crippen LogP contribution in [0.2, 0.25) is 0 Å². The Balaban J connectivity index is 2.15. The van der Waals surface area contributed by atoms with Gasteiger partial charge in [-0.05, 0) is 23.1 Å². The minimum Gasteiger partial charge on any atom is -0.478 e. The summed E-state index contributed by atoms with van der Waals surface area (Å²) in [6.45, 7) is 2.27. The first-order chi connectivity index (χ1) is 8.68. The topological polar surface area (TPSA) is 66.8 Å². The van der Waals surface area contributed by atoms with Gasteiger partial charge in [0.2, 0.25) is 0 Å². The van der Waals surface area contributed by atoms with Crippen molar-refractivity contribution in [1.29, 1.82) is 0 Å². The Bertz CT molecular complexity index is 474. The molecule has 0 spiro atoms. The van der Waals surface area contributed by atoms with Crippen molar-refractivity contribution in [2.45, 2.75) is 0 Å². The van der Waals surface area contributed by atoms with Crippen molar-refractivity contribution < 1.29 is 19.4 Å². The van der Waals surface area contributed by atoms with E-state index in [1.165, 1.54) is 17.4 Å². The zero-order valence-corrected chi connectivity index (χ0v) is 10.5. The largest absolute Gasteiger partial charge is 0.478 e. The van der Waals surface area contributed by atoms with Crippen molar-refractivity contribution in [3.63, 3.8) is 0 Å². The molecule has 1 aromatic rings. The fraction of sp³-hybridized carbons (Fsp3) is 0.333. The van der Waals surface area contributed by atoms with Crippen LogP contribution in [0.1, 0.15) is 15.2 Å². The number of morpholine rings is 1. The zero-order chi connectivity index (χ0) is 13.0. The molecule has 96 valence electrons. The van der Waals surface area contributed by atoms with Crippen LogP contribution in [0.3, 0.4) is 0 Å². The summed E-state index contributed by atoms with van der Waals surface area (Å²) in [6, 6.07) is 1.75. The Kier molecular flexibility index (Phi) is 4.11. The molecule has 2 heterocycles. The van der Waals surface area contributed by atoms with E-state index in [4.69, 9.17) is 9.84 Å². The van der Waals surface area contributed by atoms with Crippen molar-refractivity contribution in [1.82, 2.24) is 4.90 Å². The molecule has 0 saturated carbocycles. The number of nitrogens with zero attached hydrogens (tertiary/aromatic N) is 1. The molecule has 0 radical (unpaired) electrons. The van der Waals surface area contributed by atoms with Crippen LogP contribution in [0.25, 0.3) is 6.08 Å². The number of hydrogen-bond donors (Lipinski definition) is 1. The van der Waals surface area contributed by atoms with Crippen molar-refractivity contribution in [2.75, 3.05) is 26.3 Å². The SMILES string of the molecule is O=C(O)C=Cc1ccsc1C(=O)N1CCOCC1. The first-order valence-electron chi connectivity index (χ1n) is 5.54. The second-order valence-corrected chi connectivity index (χ2v) is 4.70. The lowest BCUT2D eigenvalue weighted by Crippen LogP contribution is -2.40. The molecule has 0 aliphatic carbocycles. The molecular weight excluding hydrogens is 254 g/mol. The van der Waals surface area contributed by atoms with Crippen LogP contribution in [0.5, 0.6) is 0 Å². The van der Waals surface area contributed by atoms with E-state index >= 15 is 0 Å². The number of ether oxygens (including phenoxy) is 1. The standard InChI is InChI=1S/C12H13NO4S/c14-10(15)2-1-9-3-8-18-11(9)12(16)13-4-6-17-7-5-13/h1-3,8H,4-7H2,(H,14,15). The third-order valence-corrected chi connectivity index (χ3v) is 3.51. The normalized spacial score (nSPS) is 16.1. The smallest absolute Gasteiger partial charge is 0.328 e. The highest BCUT2D eigenvalue weighted by Gasteiger charge is 2.21. The summed E-state index contributed by atoms with van der Waals surface area (Å²) in [4.78, 5) is 25.0. The van der Waals surface area contributed by atoms with Gasteiger partial charge < -0.3 is 14.7 Å². The molecule has 1 amide bonds. The summed E-state index contributed by atoms with van der Waals surface area (Å²) in [5.74, 6) is -1.08. The molecule has 0 aromatic carbocycles. The highest BCUT2D eigenvalue weighted by molar-refractivity contribution is 7.12. The average Bonchev–Trinajstić information content (AvgIpc) is 2.85. The van der Waals surface area contributed by atoms with Crippen LogP contribution in [-0.2, 0) is 9.53 Å². The van der Waals surface area contributed by atoms with Crippen molar-refractivity contribution in [3.05, 3.63) is 28.0 Å². The molecule has 5 nitrogen and oxygen atoms in total. The Hall–Kier alpha value is -1.66. The average molecular weight is 267 g/mol. The maximum absolute atomic E-state index is 12.2. The van der Waals surface area contributed by atoms with E-state index in [1.54, 1.807) is 16.3 Å². The number of aliphatic carboxylic acids is 1. The van der Waals surface area contributed by atoms with Gasteiger partial charge in [-0.3, -0.25) is 4.79 Å². The Morgan fingerprint density at radius 3 is 2.78 bits per heavy atom. The minimum absolute atomic E-state index is 0.0571. The van der Waals surface area contributed by atoms with E-state index < -0.39 is 5.97 Å². The number of rotatable bonds is 3. The number of carbonyl (C=O) groups excluding carboxylic acids is 1. The summed E-state index contributed by atoms with van der Waals surface area (Å²) in [5.41, 5.74) is 0.652. The van der Waals surface area contributed by atoms with E-state index in [9.17, 15) is 9.59 Å². The number of amides is 1. The number of hydrogen-bond acceptors (Lipinski definition) is 4. The van der Waals surface area contributed by atoms with Gasteiger partial charge in [0.25, 0.3) is 5.91 Å². The van der Waals surface area contributed by atoms with E-state index in [-0.39, 0.29) is 5.91 Å². The third-order valence-electron chi connectivity index (χ3n) is 2.59. The molecule has 1 N–H and O–H groups in total. The van der Waals surface area contributed by atoms with Gasteiger partial charge >= 0.3 is 5.97 Å². The van der Waals surface area contributed by atoms with Gasteiger partial charge in [-0.25, -0.2) is 4.79 Å². The van der Waals surface area contributed by atoms with Gasteiger partial charge in [0.05, 0.1) is 18.1 Å². The second kappa shape index (κ2) is 5.79. The quantitative estimate of drug-likeness (QED) is 0.839. The van der Waals surface area contributed by atoms with Crippen LogP contribution in [0.15, 0.2) is 17.5 Å². The molecule has 0 atom stereocenters. The lowest BCUT2D eigenvalue weighted by molar-refractivity contribution is -0.131. The molecule has 1 saturated heterocycles. The van der Waals surface area contributed by atoms with Gasteiger partial charge in [-0.1, -0.05) is 0 Å². The summed E-state index contributed by atoms with van der Waals surface area (Å²) >= 11 is 1.33. The number of thiophene rings is 1. The van der Waals surface area contributed by atoms with Crippen molar-refractivity contribution in [3.8, 4) is 0 Å². The monoisotopic (exact) mass is 267 g/mol. The predicted octanol–water partition coefficient (Wildman–Crippen LogP) is 1.32. The van der Waals surface area contributed by atoms with E-state index in [2.05, 4.69) is 0 Å². The molecule has 18 heavy (non-hydrogen) atoms. The maximum atomic E-state index is 12.2. The fourth-order valence-electron chi connectivity index (χ4n) is 1.70. The minimum atomic E-state index is -1.02. The maximum Gasteiger partial charge on any atom is 0.328 e. The van der Waals surface area contributed by atoms with Gasteiger partial charge in [0.15, 0.2) is 0 Å². The van der Waals surface area contributed by atoms with E-state index in [0.29, 0.717) is 36.7 Å². The fourth-order valence-corrected chi connectivity index (χ4v) is 2.55. The van der Waals surface area contributed by atoms with Gasteiger partial charge in [0, 0.05) is 19.2 Å². The molecule has 2 rings (SSSR count). The van der Waals surface area contributed by atoms with Crippen LogP contribution < -0.4 is 0 Å². The van der Waals surface area contributed by atoms with Crippen LogP contribution >= 0.6 is 11.3 Å². The first kappa shape index (κ1) is 12.8. The molecule has 1 fully saturated rings. The Morgan fingerprint density at radius 2 is 2.11 bits per heavy atom. The molecular formula is C12H13NO4S. The van der Waals surface area contributed by atoms with Gasteiger partial charge in [0.1, 0.15) is 0 Å². The van der Waals surface area contributed by atoms with Crippen LogP contribution in [0.4, 0.5) is 0 Å². The van der Waals surface area contributed by atoms with Crippen molar-refractivity contribution >= 4 is 29.3 Å². The second-order valence-electron chi connectivity index (χ2n) is 3.78. The van der Waals surface area contributed by atoms with Crippen molar-refractivity contribution in [2.24, 2.45) is 0 Å². The first-order valence-corrected chi connectivity index (χ1v) is 6.42. The summed E-state index contributed by atoms with van der Waals surface area (Å²) < 4.78 is 5.19. The molecule has 1 aliphatic rings. The van der Waals surface area contributed by atoms with Gasteiger partial charge in [-0.2, -0.15) is 0 Å². The number of carboxylic acids is 1. The zero-order valence-electron chi connectivity index (χ0n) is 9.67. The molecule has 0 bridgehead atoms. The third kappa shape index (κ3) is 2.96. The molecule has 1 aliphatic heterocycles. The van der Waals surface area contributed by atoms with Gasteiger partial charge in [-0.15, -0.1) is 11.3 Å². The predicted molar refractivity (Wildman–Crippen MR) is 67.7 cm³/mol. The molecule has 0 unspecified atom stereocenters. The highest BCUT2D eigenvalue weighted by Crippen LogP contribution is 2.21. The number of carboxylic acid groups (broad SMARTS) is 1. The number of carbonyl (C=O) groups is 2. The summed E-state index contributed by atoms with van der Waals surface area (Å²) in [5, 5.41) is 10.4. The van der Waals surface area contributed by atoms with Crippen LogP contribution in [0, 0.1) is 0 Å². The van der Waals surface area contributed by atoms with E-state index in [1.807, 2.05) is 0 Å². The summed E-state index contributed by atoms with van der Waals surface area (Å²) in [6.07, 6.45) is 2.49. The molecule has 6 heteroatoms. The Labute approximate surface area is 108 Å². The lowest BCUT2D eigenvalue weighted by Gasteiger charge is -2.26. The van der Waals surface area contributed by atoms with E-state index in [0.717, 1.165) is 6.08 Å². The lowest BCUT2D eigenvalue weighted by atomic mass is 10.2. The highest BCUT2D eigenvalue weighted by atomic mass is 32.1. The summed E-state index contributed by atoms with van der Waals surface area (Å²) in [7, 11) is 0.